The lowest BCUT2D eigenvalue weighted by atomic mass is 10.2. The van der Waals surface area contributed by atoms with Gasteiger partial charge >= 0.3 is 0 Å². The molecule has 0 aliphatic heterocycles. The summed E-state index contributed by atoms with van der Waals surface area (Å²) < 4.78 is 2.10. The number of aromatic nitrogens is 2. The van der Waals surface area contributed by atoms with E-state index in [0.717, 1.165) is 12.2 Å². The molecule has 0 unspecified atom stereocenters. The van der Waals surface area contributed by atoms with Crippen LogP contribution in [0.5, 0.6) is 0 Å². The van der Waals surface area contributed by atoms with Gasteiger partial charge in [0, 0.05) is 18.4 Å². The minimum absolute atomic E-state index is 0.827. The molecule has 2 rings (SSSR count). The molecule has 15 heavy (non-hydrogen) atoms. The minimum Gasteiger partial charge on any atom is -0.314 e. The molecule has 0 aliphatic rings. The van der Waals surface area contributed by atoms with Crippen LogP contribution in [0.15, 0.2) is 36.8 Å². The van der Waals surface area contributed by atoms with Crippen molar-refractivity contribution in [3.05, 3.63) is 48.0 Å². The predicted molar refractivity (Wildman–Crippen MR) is 61.1 cm³/mol. The van der Waals surface area contributed by atoms with E-state index in [-0.39, 0.29) is 0 Å². The van der Waals surface area contributed by atoms with Crippen LogP contribution >= 0.6 is 0 Å². The SMILES string of the molecule is CNCc1cncn1-c1cccc(C)c1. The highest BCUT2D eigenvalue weighted by Crippen LogP contribution is 2.12. The summed E-state index contributed by atoms with van der Waals surface area (Å²) in [6, 6.07) is 8.40. The van der Waals surface area contributed by atoms with Gasteiger partial charge in [0.1, 0.15) is 0 Å². The second-order valence-corrected chi connectivity index (χ2v) is 3.62. The Morgan fingerprint density at radius 2 is 2.27 bits per heavy atom. The molecule has 0 amide bonds. The molecule has 0 aliphatic carbocycles. The molecule has 1 aromatic heterocycles. The Bertz CT molecular complexity index is 446. The van der Waals surface area contributed by atoms with Crippen LogP contribution in [-0.4, -0.2) is 16.6 Å². The summed E-state index contributed by atoms with van der Waals surface area (Å²) in [5.74, 6) is 0. The summed E-state index contributed by atoms with van der Waals surface area (Å²) in [5.41, 5.74) is 3.59. The Morgan fingerprint density at radius 1 is 1.40 bits per heavy atom. The van der Waals surface area contributed by atoms with Gasteiger partial charge < -0.3 is 9.88 Å². The lowest BCUT2D eigenvalue weighted by molar-refractivity contribution is 0.768. The first-order chi connectivity index (χ1) is 7.31. The van der Waals surface area contributed by atoms with Crippen molar-refractivity contribution in [3.8, 4) is 5.69 Å². The van der Waals surface area contributed by atoms with Crippen LogP contribution in [0.4, 0.5) is 0 Å². The summed E-state index contributed by atoms with van der Waals surface area (Å²) in [4.78, 5) is 4.17. The van der Waals surface area contributed by atoms with Gasteiger partial charge in [-0.1, -0.05) is 12.1 Å². The van der Waals surface area contributed by atoms with E-state index in [1.807, 2.05) is 19.6 Å². The van der Waals surface area contributed by atoms with Crippen LogP contribution in [0.25, 0.3) is 5.69 Å². The van der Waals surface area contributed by atoms with Gasteiger partial charge in [-0.2, -0.15) is 0 Å². The molecule has 1 aromatic carbocycles. The second kappa shape index (κ2) is 4.28. The Kier molecular flexibility index (Phi) is 2.83. The zero-order valence-electron chi connectivity index (χ0n) is 9.07. The fourth-order valence-corrected chi connectivity index (χ4v) is 1.64. The van der Waals surface area contributed by atoms with Crippen LogP contribution in [-0.2, 0) is 6.54 Å². The average molecular weight is 201 g/mol. The Hall–Kier alpha value is -1.61. The fraction of sp³-hybridized carbons (Fsp3) is 0.250. The topological polar surface area (TPSA) is 29.9 Å². The van der Waals surface area contributed by atoms with E-state index in [1.54, 1.807) is 0 Å². The number of nitrogens with one attached hydrogen (secondary N) is 1. The monoisotopic (exact) mass is 201 g/mol. The lowest BCUT2D eigenvalue weighted by Crippen LogP contribution is -2.09. The molecule has 0 bridgehead atoms. The second-order valence-electron chi connectivity index (χ2n) is 3.62. The van der Waals surface area contributed by atoms with Crippen LogP contribution in [0, 0.1) is 6.92 Å². The summed E-state index contributed by atoms with van der Waals surface area (Å²) in [7, 11) is 1.94. The number of nitrogens with zero attached hydrogens (tertiary/aromatic N) is 2. The fourth-order valence-electron chi connectivity index (χ4n) is 1.64. The molecular weight excluding hydrogens is 186 g/mol. The van der Waals surface area contributed by atoms with E-state index in [9.17, 15) is 0 Å². The number of rotatable bonds is 3. The molecule has 3 nitrogen and oxygen atoms in total. The molecule has 1 heterocycles. The standard InChI is InChI=1S/C12H15N3/c1-10-4-3-5-11(6-10)15-9-14-8-12(15)7-13-2/h3-6,8-9,13H,7H2,1-2H3. The van der Waals surface area contributed by atoms with E-state index < -0.39 is 0 Å². The van der Waals surface area contributed by atoms with Gasteiger partial charge in [-0.25, -0.2) is 4.98 Å². The summed E-state index contributed by atoms with van der Waals surface area (Å²) in [6.45, 7) is 2.92. The van der Waals surface area contributed by atoms with Crippen molar-refractivity contribution in [2.75, 3.05) is 7.05 Å². The van der Waals surface area contributed by atoms with E-state index in [2.05, 4.69) is 46.1 Å². The Labute approximate surface area is 89.8 Å². The molecule has 1 N–H and O–H groups in total. The molecule has 0 saturated carbocycles. The van der Waals surface area contributed by atoms with Crippen LogP contribution in [0.1, 0.15) is 11.3 Å². The van der Waals surface area contributed by atoms with Crippen molar-refractivity contribution in [2.45, 2.75) is 13.5 Å². The van der Waals surface area contributed by atoms with Crippen molar-refractivity contribution in [3.63, 3.8) is 0 Å². The molecule has 78 valence electrons. The quantitative estimate of drug-likeness (QED) is 0.822. The first-order valence-electron chi connectivity index (χ1n) is 5.04. The van der Waals surface area contributed by atoms with Crippen molar-refractivity contribution in [2.24, 2.45) is 0 Å². The van der Waals surface area contributed by atoms with E-state index in [0.29, 0.717) is 0 Å². The van der Waals surface area contributed by atoms with Gasteiger partial charge in [-0.3, -0.25) is 0 Å². The van der Waals surface area contributed by atoms with Gasteiger partial charge in [0.05, 0.1) is 12.0 Å². The van der Waals surface area contributed by atoms with Gasteiger partial charge in [-0.05, 0) is 31.7 Å². The smallest absolute Gasteiger partial charge is 0.0994 e. The number of hydrogen-bond donors (Lipinski definition) is 1. The molecule has 0 atom stereocenters. The van der Waals surface area contributed by atoms with Crippen molar-refractivity contribution in [1.29, 1.82) is 0 Å². The van der Waals surface area contributed by atoms with Crippen LogP contribution in [0.3, 0.4) is 0 Å². The predicted octanol–water partition coefficient (Wildman–Crippen LogP) is 1.90. The minimum atomic E-state index is 0.827. The van der Waals surface area contributed by atoms with Gasteiger partial charge in [-0.15, -0.1) is 0 Å². The first-order valence-corrected chi connectivity index (χ1v) is 5.04. The summed E-state index contributed by atoms with van der Waals surface area (Å²) in [6.07, 6.45) is 3.74. The normalized spacial score (nSPS) is 10.5. The highest BCUT2D eigenvalue weighted by atomic mass is 15.1. The highest BCUT2D eigenvalue weighted by Gasteiger charge is 2.02. The maximum atomic E-state index is 4.17. The van der Waals surface area contributed by atoms with Crippen molar-refractivity contribution < 1.29 is 0 Å². The summed E-state index contributed by atoms with van der Waals surface area (Å²) in [5, 5.41) is 3.13. The third-order valence-electron chi connectivity index (χ3n) is 2.35. The zero-order valence-corrected chi connectivity index (χ0v) is 9.07. The molecular formula is C12H15N3. The molecule has 0 saturated heterocycles. The Morgan fingerprint density at radius 3 is 3.00 bits per heavy atom. The third kappa shape index (κ3) is 2.07. The van der Waals surface area contributed by atoms with Crippen molar-refractivity contribution >= 4 is 0 Å². The first kappa shape index (κ1) is 9.93. The molecule has 0 radical (unpaired) electrons. The Balaban J connectivity index is 2.40. The highest BCUT2D eigenvalue weighted by molar-refractivity contribution is 5.36. The van der Waals surface area contributed by atoms with Crippen LogP contribution < -0.4 is 5.32 Å². The van der Waals surface area contributed by atoms with Crippen LogP contribution in [0.2, 0.25) is 0 Å². The largest absolute Gasteiger partial charge is 0.314 e. The number of aryl methyl sites for hydroxylation is 1. The number of imidazole rings is 1. The van der Waals surface area contributed by atoms with Gasteiger partial charge in [0.15, 0.2) is 0 Å². The maximum absolute atomic E-state index is 4.17. The van der Waals surface area contributed by atoms with E-state index in [1.165, 1.54) is 11.3 Å². The average Bonchev–Trinajstić information content (AvgIpc) is 2.66. The lowest BCUT2D eigenvalue weighted by Gasteiger charge is -2.08. The van der Waals surface area contributed by atoms with Gasteiger partial charge in [0.2, 0.25) is 0 Å². The van der Waals surface area contributed by atoms with E-state index >= 15 is 0 Å². The maximum Gasteiger partial charge on any atom is 0.0994 e. The van der Waals surface area contributed by atoms with E-state index in [4.69, 9.17) is 0 Å². The molecule has 0 fully saturated rings. The van der Waals surface area contributed by atoms with Gasteiger partial charge in [0.25, 0.3) is 0 Å². The molecule has 3 heteroatoms. The zero-order chi connectivity index (χ0) is 10.7. The molecule has 0 spiro atoms. The molecule has 2 aromatic rings. The number of hydrogen-bond acceptors (Lipinski definition) is 2. The summed E-state index contributed by atoms with van der Waals surface area (Å²) >= 11 is 0. The number of benzene rings is 1. The van der Waals surface area contributed by atoms with Crippen molar-refractivity contribution in [1.82, 2.24) is 14.9 Å². The third-order valence-corrected chi connectivity index (χ3v) is 2.35.